The van der Waals surface area contributed by atoms with E-state index in [0.717, 1.165) is 13.1 Å². The van der Waals surface area contributed by atoms with Crippen LogP contribution in [0, 0.1) is 0 Å². The van der Waals surface area contributed by atoms with Crippen LogP contribution < -0.4 is 5.32 Å². The Morgan fingerprint density at radius 2 is 1.95 bits per heavy atom. The Morgan fingerprint density at radius 1 is 1.24 bits per heavy atom. The van der Waals surface area contributed by atoms with Crippen LogP contribution in [0.2, 0.25) is 0 Å². The number of sulfonamides is 1. The van der Waals surface area contributed by atoms with Crippen LogP contribution in [0.4, 0.5) is 5.69 Å². The smallest absolute Gasteiger partial charge is 0.245 e. The maximum atomic E-state index is 12.9. The fraction of sp³-hybridized carbons (Fsp3) is 0.600. The zero-order valence-electron chi connectivity index (χ0n) is 13.0. The molecule has 0 amide bonds. The molecule has 1 saturated heterocycles. The van der Waals surface area contributed by atoms with Crippen LogP contribution >= 0.6 is 0 Å². The van der Waals surface area contributed by atoms with E-state index in [4.69, 9.17) is 0 Å². The lowest BCUT2D eigenvalue weighted by Crippen LogP contribution is -2.53. The van der Waals surface area contributed by atoms with Gasteiger partial charge in [0, 0.05) is 32.2 Å². The zero-order chi connectivity index (χ0) is 15.5. The summed E-state index contributed by atoms with van der Waals surface area (Å²) in [4.78, 5) is 2.69. The summed E-state index contributed by atoms with van der Waals surface area (Å²) in [5, 5.41) is 3.14. The van der Waals surface area contributed by atoms with Crippen molar-refractivity contribution >= 4 is 15.7 Å². The molecule has 1 N–H and O–H groups in total. The predicted octanol–water partition coefficient (Wildman–Crippen LogP) is 1.83. The molecular formula is C15H25N3O2S. The minimum atomic E-state index is -3.44. The third kappa shape index (κ3) is 3.39. The Bertz CT molecular complexity index is 574. The summed E-state index contributed by atoms with van der Waals surface area (Å²) in [5.41, 5.74) is 0.686. The molecule has 1 aromatic carbocycles. The zero-order valence-corrected chi connectivity index (χ0v) is 13.9. The number of nitrogens with one attached hydrogen (secondary N) is 1. The fourth-order valence-corrected chi connectivity index (χ4v) is 4.50. The molecule has 1 aliphatic heterocycles. The molecule has 1 heterocycles. The monoisotopic (exact) mass is 311 g/mol. The van der Waals surface area contributed by atoms with Gasteiger partial charge < -0.3 is 5.32 Å². The molecule has 21 heavy (non-hydrogen) atoms. The number of rotatable bonds is 5. The number of benzene rings is 1. The second-order valence-corrected chi connectivity index (χ2v) is 7.27. The normalized spacial score (nSPS) is 21.4. The van der Waals surface area contributed by atoms with Crippen LogP contribution in [0.15, 0.2) is 29.2 Å². The van der Waals surface area contributed by atoms with Gasteiger partial charge in [0.2, 0.25) is 10.0 Å². The molecule has 0 bridgehead atoms. The van der Waals surface area contributed by atoms with Crippen LogP contribution in [0.25, 0.3) is 0 Å². The molecule has 5 nitrogen and oxygen atoms in total. The summed E-state index contributed by atoms with van der Waals surface area (Å²) >= 11 is 0. The van der Waals surface area contributed by atoms with Crippen molar-refractivity contribution in [1.82, 2.24) is 9.21 Å². The fourth-order valence-electron chi connectivity index (χ4n) is 2.82. The molecule has 0 spiro atoms. The Balaban J connectivity index is 2.27. The maximum Gasteiger partial charge on any atom is 0.245 e. The quantitative estimate of drug-likeness (QED) is 0.901. The van der Waals surface area contributed by atoms with E-state index in [0.29, 0.717) is 30.2 Å². The highest BCUT2D eigenvalue weighted by molar-refractivity contribution is 7.89. The van der Waals surface area contributed by atoms with Crippen LogP contribution in [0.3, 0.4) is 0 Å². The molecule has 0 aromatic heterocycles. The Kier molecular flexibility index (Phi) is 5.24. The van der Waals surface area contributed by atoms with E-state index in [2.05, 4.69) is 24.1 Å². The van der Waals surface area contributed by atoms with Crippen molar-refractivity contribution in [2.75, 3.05) is 38.0 Å². The van der Waals surface area contributed by atoms with E-state index >= 15 is 0 Å². The molecular weight excluding hydrogens is 286 g/mol. The SMILES string of the molecule is CCNc1ccccc1S(=O)(=O)N1CCN(CC)C(C)C1. The molecule has 1 unspecified atom stereocenters. The number of nitrogens with zero attached hydrogens (tertiary/aromatic N) is 2. The van der Waals surface area contributed by atoms with E-state index in [-0.39, 0.29) is 6.04 Å². The third-order valence-corrected chi connectivity index (χ3v) is 5.93. The largest absolute Gasteiger partial charge is 0.384 e. The second-order valence-electron chi connectivity index (χ2n) is 5.37. The predicted molar refractivity (Wildman–Crippen MR) is 86.1 cm³/mol. The molecule has 1 aromatic rings. The topological polar surface area (TPSA) is 52.7 Å². The van der Waals surface area contributed by atoms with Gasteiger partial charge in [-0.15, -0.1) is 0 Å². The van der Waals surface area contributed by atoms with Crippen molar-refractivity contribution in [3.8, 4) is 0 Å². The molecule has 1 fully saturated rings. The van der Waals surface area contributed by atoms with Crippen LogP contribution in [0.5, 0.6) is 0 Å². The van der Waals surface area contributed by atoms with Gasteiger partial charge in [-0.2, -0.15) is 4.31 Å². The van der Waals surface area contributed by atoms with E-state index in [1.54, 1.807) is 16.4 Å². The van der Waals surface area contributed by atoms with Gasteiger partial charge in [0.25, 0.3) is 0 Å². The Hall–Kier alpha value is -1.11. The molecule has 2 rings (SSSR count). The average molecular weight is 311 g/mol. The van der Waals surface area contributed by atoms with Crippen LogP contribution in [0.1, 0.15) is 20.8 Å². The standard InChI is InChI=1S/C15H25N3O2S/c1-4-16-14-8-6-7-9-15(14)21(19,20)18-11-10-17(5-2)13(3)12-18/h6-9,13,16H,4-5,10-12H2,1-3H3. The lowest BCUT2D eigenvalue weighted by molar-refractivity contribution is 0.135. The van der Waals surface area contributed by atoms with E-state index in [1.807, 2.05) is 19.1 Å². The second kappa shape index (κ2) is 6.77. The molecule has 118 valence electrons. The van der Waals surface area contributed by atoms with Gasteiger partial charge in [0.05, 0.1) is 5.69 Å². The Morgan fingerprint density at radius 3 is 2.57 bits per heavy atom. The lowest BCUT2D eigenvalue weighted by atomic mass is 10.2. The average Bonchev–Trinajstić information content (AvgIpc) is 2.48. The van der Waals surface area contributed by atoms with Gasteiger partial charge in [-0.25, -0.2) is 8.42 Å². The highest BCUT2D eigenvalue weighted by Crippen LogP contribution is 2.26. The van der Waals surface area contributed by atoms with Gasteiger partial charge in [-0.1, -0.05) is 19.1 Å². The first-order valence-electron chi connectivity index (χ1n) is 7.57. The number of likely N-dealkylation sites (N-methyl/N-ethyl adjacent to an activating group) is 1. The molecule has 1 atom stereocenters. The van der Waals surface area contributed by atoms with Crippen molar-refractivity contribution in [3.05, 3.63) is 24.3 Å². The van der Waals surface area contributed by atoms with Gasteiger partial charge in [-0.3, -0.25) is 4.90 Å². The van der Waals surface area contributed by atoms with Crippen molar-refractivity contribution in [2.45, 2.75) is 31.7 Å². The maximum absolute atomic E-state index is 12.9. The van der Waals surface area contributed by atoms with E-state index in [9.17, 15) is 8.42 Å². The van der Waals surface area contributed by atoms with Gasteiger partial charge >= 0.3 is 0 Å². The van der Waals surface area contributed by atoms with Gasteiger partial charge in [-0.05, 0) is 32.5 Å². The molecule has 0 saturated carbocycles. The summed E-state index contributed by atoms with van der Waals surface area (Å²) in [6.07, 6.45) is 0. The summed E-state index contributed by atoms with van der Waals surface area (Å²) in [6.45, 7) is 9.72. The highest BCUT2D eigenvalue weighted by atomic mass is 32.2. The number of hydrogen-bond donors (Lipinski definition) is 1. The first-order chi connectivity index (χ1) is 10.0. The first kappa shape index (κ1) is 16.3. The first-order valence-corrected chi connectivity index (χ1v) is 9.01. The molecule has 0 radical (unpaired) electrons. The van der Waals surface area contributed by atoms with E-state index < -0.39 is 10.0 Å². The number of para-hydroxylation sites is 1. The minimum Gasteiger partial charge on any atom is -0.384 e. The third-order valence-electron chi connectivity index (χ3n) is 4.01. The number of anilines is 1. The van der Waals surface area contributed by atoms with Crippen molar-refractivity contribution in [1.29, 1.82) is 0 Å². The van der Waals surface area contributed by atoms with Gasteiger partial charge in [0.15, 0.2) is 0 Å². The summed E-state index contributed by atoms with van der Waals surface area (Å²) in [7, 11) is -3.44. The summed E-state index contributed by atoms with van der Waals surface area (Å²) in [6, 6.07) is 7.39. The molecule has 1 aliphatic rings. The number of piperazine rings is 1. The van der Waals surface area contributed by atoms with Crippen LogP contribution in [-0.4, -0.2) is 56.4 Å². The lowest BCUT2D eigenvalue weighted by Gasteiger charge is -2.38. The van der Waals surface area contributed by atoms with Crippen molar-refractivity contribution < 1.29 is 8.42 Å². The van der Waals surface area contributed by atoms with Gasteiger partial charge in [0.1, 0.15) is 4.90 Å². The summed E-state index contributed by atoms with van der Waals surface area (Å²) < 4.78 is 27.4. The number of hydrogen-bond acceptors (Lipinski definition) is 4. The molecule has 6 heteroatoms. The van der Waals surface area contributed by atoms with Crippen LogP contribution in [-0.2, 0) is 10.0 Å². The van der Waals surface area contributed by atoms with Crippen molar-refractivity contribution in [3.63, 3.8) is 0 Å². The minimum absolute atomic E-state index is 0.254. The van der Waals surface area contributed by atoms with Crippen molar-refractivity contribution in [2.24, 2.45) is 0 Å². The Labute approximate surface area is 128 Å². The molecule has 0 aliphatic carbocycles. The summed E-state index contributed by atoms with van der Waals surface area (Å²) in [5.74, 6) is 0. The highest BCUT2D eigenvalue weighted by Gasteiger charge is 2.32. The van der Waals surface area contributed by atoms with E-state index in [1.165, 1.54) is 0 Å².